The summed E-state index contributed by atoms with van der Waals surface area (Å²) < 4.78 is 2.39. The van der Waals surface area contributed by atoms with Crippen LogP contribution in [0.5, 0.6) is 0 Å². The summed E-state index contributed by atoms with van der Waals surface area (Å²) >= 11 is 0. The van der Waals surface area contributed by atoms with Gasteiger partial charge in [-0.1, -0.05) is 158 Å². The largest absolute Gasteiger partial charge is 0.309 e. The molecule has 0 aliphatic heterocycles. The van der Waals surface area contributed by atoms with Crippen LogP contribution in [0.1, 0.15) is 0 Å². The number of nitrogens with zero attached hydrogens (tertiary/aromatic N) is 4. The van der Waals surface area contributed by atoms with Crippen LogP contribution in [0.4, 0.5) is 0 Å². The minimum absolute atomic E-state index is 0.624. The van der Waals surface area contributed by atoms with Crippen LogP contribution in [-0.2, 0) is 0 Å². The molecule has 51 heavy (non-hydrogen) atoms. The lowest BCUT2D eigenvalue weighted by Gasteiger charge is -2.17. The third-order valence-corrected chi connectivity index (χ3v) is 9.84. The average Bonchev–Trinajstić information content (AvgIpc) is 3.54. The zero-order valence-electron chi connectivity index (χ0n) is 27.6. The molecule has 0 atom stereocenters. The van der Waals surface area contributed by atoms with Crippen molar-refractivity contribution in [2.24, 2.45) is 0 Å². The van der Waals surface area contributed by atoms with Crippen LogP contribution < -0.4 is 0 Å². The fourth-order valence-electron chi connectivity index (χ4n) is 7.40. The molecular weight excluding hydrogens is 621 g/mol. The summed E-state index contributed by atoms with van der Waals surface area (Å²) in [6.45, 7) is 0. The molecule has 10 aromatic rings. The van der Waals surface area contributed by atoms with Gasteiger partial charge in [0.15, 0.2) is 17.5 Å². The monoisotopic (exact) mass is 650 g/mol. The second-order valence-electron chi connectivity index (χ2n) is 12.9. The highest BCUT2D eigenvalue weighted by Gasteiger charge is 2.19. The zero-order valence-corrected chi connectivity index (χ0v) is 27.6. The Balaban J connectivity index is 1.26. The van der Waals surface area contributed by atoms with Crippen molar-refractivity contribution in [1.29, 1.82) is 0 Å². The van der Waals surface area contributed by atoms with E-state index in [2.05, 4.69) is 168 Å². The fraction of sp³-hybridized carbons (Fsp3) is 0. The number of hydrogen-bond acceptors (Lipinski definition) is 3. The third-order valence-electron chi connectivity index (χ3n) is 9.84. The minimum atomic E-state index is 0.624. The maximum absolute atomic E-state index is 5.21. The second kappa shape index (κ2) is 11.9. The van der Waals surface area contributed by atoms with E-state index in [1.165, 1.54) is 21.5 Å². The Kier molecular flexibility index (Phi) is 6.78. The highest BCUT2D eigenvalue weighted by Crippen LogP contribution is 2.39. The Bertz CT molecular complexity index is 2870. The van der Waals surface area contributed by atoms with E-state index in [0.717, 1.165) is 55.3 Å². The molecule has 0 spiro atoms. The van der Waals surface area contributed by atoms with Gasteiger partial charge in [-0.25, -0.2) is 15.0 Å². The van der Waals surface area contributed by atoms with Crippen LogP contribution in [0, 0.1) is 0 Å². The molecule has 0 amide bonds. The Hall–Kier alpha value is -6.91. The van der Waals surface area contributed by atoms with Gasteiger partial charge in [0.1, 0.15) is 0 Å². The number of fused-ring (bicyclic) bond motifs is 5. The first-order valence-electron chi connectivity index (χ1n) is 17.2. The first-order valence-corrected chi connectivity index (χ1v) is 17.2. The van der Waals surface area contributed by atoms with Crippen molar-refractivity contribution in [3.63, 3.8) is 0 Å². The van der Waals surface area contributed by atoms with Crippen molar-refractivity contribution < 1.29 is 0 Å². The van der Waals surface area contributed by atoms with Crippen LogP contribution in [0.25, 0.3) is 94.3 Å². The highest BCUT2D eigenvalue weighted by atomic mass is 15.0. The predicted octanol–water partition coefficient (Wildman–Crippen LogP) is 11.9. The number of rotatable bonds is 5. The van der Waals surface area contributed by atoms with Crippen molar-refractivity contribution in [3.05, 3.63) is 182 Å². The Morgan fingerprint density at radius 2 is 0.882 bits per heavy atom. The molecule has 4 nitrogen and oxygen atoms in total. The molecule has 2 aromatic heterocycles. The fourth-order valence-corrected chi connectivity index (χ4v) is 7.40. The molecule has 2 heterocycles. The maximum Gasteiger partial charge on any atom is 0.164 e. The van der Waals surface area contributed by atoms with Crippen LogP contribution >= 0.6 is 0 Å². The van der Waals surface area contributed by atoms with Gasteiger partial charge in [-0.05, 0) is 51.4 Å². The van der Waals surface area contributed by atoms with E-state index in [1.807, 2.05) is 18.2 Å². The van der Waals surface area contributed by atoms with Gasteiger partial charge in [0.05, 0.1) is 16.7 Å². The Labute approximate surface area is 295 Å². The molecule has 238 valence electrons. The van der Waals surface area contributed by atoms with Crippen LogP contribution in [0.15, 0.2) is 182 Å². The van der Waals surface area contributed by atoms with Crippen molar-refractivity contribution in [3.8, 4) is 51.0 Å². The lowest BCUT2D eigenvalue weighted by molar-refractivity contribution is 1.07. The number of aromatic nitrogens is 4. The van der Waals surface area contributed by atoms with Crippen molar-refractivity contribution in [2.75, 3.05) is 0 Å². The summed E-state index contributed by atoms with van der Waals surface area (Å²) in [5.41, 5.74) is 8.47. The van der Waals surface area contributed by atoms with Crippen LogP contribution in [0.3, 0.4) is 0 Å². The van der Waals surface area contributed by atoms with Crippen molar-refractivity contribution in [2.45, 2.75) is 0 Å². The van der Waals surface area contributed by atoms with Gasteiger partial charge in [-0.2, -0.15) is 0 Å². The molecule has 0 N–H and O–H groups in total. The smallest absolute Gasteiger partial charge is 0.164 e. The van der Waals surface area contributed by atoms with Crippen molar-refractivity contribution >= 4 is 43.4 Å². The topological polar surface area (TPSA) is 43.6 Å². The van der Waals surface area contributed by atoms with Gasteiger partial charge in [-0.15, -0.1) is 0 Å². The standard InChI is InChI=1S/C47H30N4/c1-2-15-33(16-3-1)45-48-46(50-47(49-45)41-22-12-18-32-14-6-7-19-37(32)41)36-27-28-38(35-26-25-31-13-4-5-17-34(31)29-35)44(30-36)51-42-23-10-8-20-39(42)40-21-9-11-24-43(40)51/h1-30H. The van der Waals surface area contributed by atoms with E-state index in [1.54, 1.807) is 0 Å². The molecule has 4 heteroatoms. The van der Waals surface area contributed by atoms with Gasteiger partial charge in [0.25, 0.3) is 0 Å². The van der Waals surface area contributed by atoms with Gasteiger partial charge in [0.2, 0.25) is 0 Å². The highest BCUT2D eigenvalue weighted by molar-refractivity contribution is 6.10. The molecule has 0 radical (unpaired) electrons. The van der Waals surface area contributed by atoms with Gasteiger partial charge in [0, 0.05) is 33.0 Å². The first-order chi connectivity index (χ1) is 25.3. The quantitative estimate of drug-likeness (QED) is 0.186. The van der Waals surface area contributed by atoms with E-state index in [4.69, 9.17) is 15.0 Å². The lowest BCUT2D eigenvalue weighted by Crippen LogP contribution is -2.02. The summed E-state index contributed by atoms with van der Waals surface area (Å²) in [5, 5.41) is 7.11. The second-order valence-corrected chi connectivity index (χ2v) is 12.9. The number of para-hydroxylation sites is 2. The SMILES string of the molecule is c1ccc(-c2nc(-c3ccc(-c4ccc5ccccc5c4)c(-n4c5ccccc5c5ccccc54)c3)nc(-c3cccc4ccccc34)n2)cc1. The number of hydrogen-bond donors (Lipinski definition) is 0. The summed E-state index contributed by atoms with van der Waals surface area (Å²) in [5.74, 6) is 1.91. The first kappa shape index (κ1) is 29.0. The average molecular weight is 651 g/mol. The van der Waals surface area contributed by atoms with Gasteiger partial charge >= 0.3 is 0 Å². The third kappa shape index (κ3) is 4.96. The molecule has 0 saturated carbocycles. The summed E-state index contributed by atoms with van der Waals surface area (Å²) in [6, 6.07) is 64.0. The van der Waals surface area contributed by atoms with E-state index >= 15 is 0 Å². The van der Waals surface area contributed by atoms with E-state index in [0.29, 0.717) is 17.5 Å². The molecule has 0 unspecified atom stereocenters. The minimum Gasteiger partial charge on any atom is -0.309 e. The molecule has 0 aliphatic rings. The van der Waals surface area contributed by atoms with E-state index in [-0.39, 0.29) is 0 Å². The molecule has 8 aromatic carbocycles. The normalized spacial score (nSPS) is 11.5. The van der Waals surface area contributed by atoms with Gasteiger partial charge in [-0.3, -0.25) is 0 Å². The summed E-state index contributed by atoms with van der Waals surface area (Å²) in [6.07, 6.45) is 0. The molecule has 0 fully saturated rings. The van der Waals surface area contributed by atoms with Crippen LogP contribution in [0.2, 0.25) is 0 Å². The summed E-state index contributed by atoms with van der Waals surface area (Å²) in [4.78, 5) is 15.4. The number of benzene rings is 8. The van der Waals surface area contributed by atoms with Gasteiger partial charge < -0.3 is 4.57 Å². The Morgan fingerprint density at radius 1 is 0.314 bits per heavy atom. The Morgan fingerprint density at radius 3 is 1.65 bits per heavy atom. The molecule has 0 saturated heterocycles. The zero-order chi connectivity index (χ0) is 33.7. The maximum atomic E-state index is 5.21. The lowest BCUT2D eigenvalue weighted by atomic mass is 9.98. The molecular formula is C47H30N4. The molecule has 10 rings (SSSR count). The van der Waals surface area contributed by atoms with E-state index in [9.17, 15) is 0 Å². The predicted molar refractivity (Wildman–Crippen MR) is 211 cm³/mol. The van der Waals surface area contributed by atoms with Crippen molar-refractivity contribution in [1.82, 2.24) is 19.5 Å². The van der Waals surface area contributed by atoms with Crippen LogP contribution in [-0.4, -0.2) is 19.5 Å². The van der Waals surface area contributed by atoms with E-state index < -0.39 is 0 Å². The molecule has 0 aliphatic carbocycles. The summed E-state index contributed by atoms with van der Waals surface area (Å²) in [7, 11) is 0. The molecule has 0 bridgehead atoms.